The van der Waals surface area contributed by atoms with E-state index in [2.05, 4.69) is 26.9 Å². The third-order valence-corrected chi connectivity index (χ3v) is 3.17. The first-order valence-corrected chi connectivity index (χ1v) is 6.03. The van der Waals surface area contributed by atoms with Gasteiger partial charge in [-0.05, 0) is 25.9 Å². The minimum absolute atomic E-state index is 0.187. The molecule has 2 rings (SSSR count). The van der Waals surface area contributed by atoms with Crippen LogP contribution in [0.3, 0.4) is 0 Å². The highest BCUT2D eigenvalue weighted by Gasteiger charge is 2.22. The molecule has 1 aromatic rings. The van der Waals surface area contributed by atoms with Gasteiger partial charge in [-0.3, -0.25) is 0 Å². The third kappa shape index (κ3) is 2.98. The second kappa shape index (κ2) is 5.34. The van der Waals surface area contributed by atoms with Gasteiger partial charge < -0.3 is 20.3 Å². The van der Waals surface area contributed by atoms with Gasteiger partial charge in [0.15, 0.2) is 0 Å². The molecule has 2 N–H and O–H groups in total. The van der Waals surface area contributed by atoms with Crippen LogP contribution in [0, 0.1) is 5.92 Å². The molecule has 0 bridgehead atoms. The minimum Gasteiger partial charge on any atom is -0.467 e. The molecule has 0 aliphatic carbocycles. The van der Waals surface area contributed by atoms with E-state index in [-0.39, 0.29) is 12.0 Å². The van der Waals surface area contributed by atoms with Crippen LogP contribution in [0.5, 0.6) is 6.01 Å². The van der Waals surface area contributed by atoms with Crippen LogP contribution in [-0.4, -0.2) is 60.7 Å². The van der Waals surface area contributed by atoms with Gasteiger partial charge in [-0.15, -0.1) is 0 Å². The quantitative estimate of drug-likeness (QED) is 0.798. The number of hydrogen-bond donors (Lipinski definition) is 1. The minimum atomic E-state index is 0.187. The monoisotopic (exact) mass is 252 g/mol. The maximum atomic E-state index is 5.63. The van der Waals surface area contributed by atoms with Crippen LogP contribution in [0.15, 0.2) is 0 Å². The molecule has 1 aromatic heterocycles. The van der Waals surface area contributed by atoms with Gasteiger partial charge in [-0.1, -0.05) is 0 Å². The Labute approximate surface area is 107 Å². The zero-order valence-electron chi connectivity index (χ0n) is 11.1. The van der Waals surface area contributed by atoms with Gasteiger partial charge in [0.05, 0.1) is 7.11 Å². The molecule has 1 saturated heterocycles. The molecular weight excluding hydrogens is 232 g/mol. The Balaban J connectivity index is 2.03. The zero-order valence-corrected chi connectivity index (χ0v) is 11.1. The maximum Gasteiger partial charge on any atom is 0.322 e. The van der Waals surface area contributed by atoms with E-state index in [9.17, 15) is 0 Å². The van der Waals surface area contributed by atoms with E-state index in [1.54, 1.807) is 0 Å². The summed E-state index contributed by atoms with van der Waals surface area (Å²) in [4.78, 5) is 16.5. The Kier molecular flexibility index (Phi) is 3.81. The number of rotatable bonds is 4. The van der Waals surface area contributed by atoms with Crippen molar-refractivity contribution < 1.29 is 4.74 Å². The highest BCUT2D eigenvalue weighted by atomic mass is 16.5. The van der Waals surface area contributed by atoms with Gasteiger partial charge >= 0.3 is 6.01 Å². The largest absolute Gasteiger partial charge is 0.467 e. The lowest BCUT2D eigenvalue weighted by molar-refractivity contribution is 0.378. The smallest absolute Gasteiger partial charge is 0.322 e. The molecule has 7 heteroatoms. The van der Waals surface area contributed by atoms with Crippen LogP contribution in [0.2, 0.25) is 0 Å². The van der Waals surface area contributed by atoms with Crippen molar-refractivity contribution in [2.45, 2.75) is 6.42 Å². The van der Waals surface area contributed by atoms with Gasteiger partial charge in [0.25, 0.3) is 0 Å². The molecule has 7 nitrogen and oxygen atoms in total. The fraction of sp³-hybridized carbons (Fsp3) is 0.727. The summed E-state index contributed by atoms with van der Waals surface area (Å²) >= 11 is 0. The lowest BCUT2D eigenvalue weighted by Crippen LogP contribution is -2.29. The standard InChI is InChI=1S/C11H20N6O/c1-16-5-4-8(6-16)7-17(2)10-13-9(12)14-11(15-10)18-3/h8H,4-7H2,1-3H3,(H2,12,13,14,15). The van der Waals surface area contributed by atoms with E-state index in [4.69, 9.17) is 10.5 Å². The van der Waals surface area contributed by atoms with Gasteiger partial charge in [0, 0.05) is 20.1 Å². The second-order valence-corrected chi connectivity index (χ2v) is 4.78. The predicted octanol–water partition coefficient (Wildman–Crippen LogP) is -0.150. The average Bonchev–Trinajstić information content (AvgIpc) is 2.73. The number of hydrogen-bond acceptors (Lipinski definition) is 7. The molecule has 0 spiro atoms. The van der Waals surface area contributed by atoms with E-state index in [1.165, 1.54) is 13.5 Å². The van der Waals surface area contributed by atoms with E-state index in [1.807, 2.05) is 11.9 Å². The summed E-state index contributed by atoms with van der Waals surface area (Å²) in [5.41, 5.74) is 5.63. The molecule has 2 heterocycles. The van der Waals surface area contributed by atoms with E-state index < -0.39 is 0 Å². The molecule has 0 saturated carbocycles. The van der Waals surface area contributed by atoms with Crippen LogP contribution in [-0.2, 0) is 0 Å². The van der Waals surface area contributed by atoms with Crippen LogP contribution < -0.4 is 15.4 Å². The van der Waals surface area contributed by atoms with E-state index in [0.717, 1.165) is 19.6 Å². The van der Waals surface area contributed by atoms with Crippen LogP contribution in [0.1, 0.15) is 6.42 Å². The second-order valence-electron chi connectivity index (χ2n) is 4.78. The molecule has 1 fully saturated rings. The number of nitrogens with zero attached hydrogens (tertiary/aromatic N) is 5. The molecule has 100 valence electrons. The summed E-state index contributed by atoms with van der Waals surface area (Å²) in [6.45, 7) is 3.18. The summed E-state index contributed by atoms with van der Waals surface area (Å²) in [6, 6.07) is 0.257. The van der Waals surface area contributed by atoms with Crippen molar-refractivity contribution >= 4 is 11.9 Å². The van der Waals surface area contributed by atoms with Gasteiger partial charge in [-0.25, -0.2) is 0 Å². The first-order valence-electron chi connectivity index (χ1n) is 6.03. The Morgan fingerprint density at radius 3 is 2.83 bits per heavy atom. The molecular formula is C11H20N6O. The van der Waals surface area contributed by atoms with Gasteiger partial charge in [0.1, 0.15) is 0 Å². The fourth-order valence-corrected chi connectivity index (χ4v) is 2.27. The van der Waals surface area contributed by atoms with Crippen LogP contribution in [0.25, 0.3) is 0 Å². The third-order valence-electron chi connectivity index (χ3n) is 3.17. The molecule has 18 heavy (non-hydrogen) atoms. The summed E-state index contributed by atoms with van der Waals surface area (Å²) in [7, 11) is 5.63. The first kappa shape index (κ1) is 12.8. The maximum absolute atomic E-state index is 5.63. The number of aromatic nitrogens is 3. The normalized spacial score (nSPS) is 20.1. The fourth-order valence-electron chi connectivity index (χ4n) is 2.27. The Morgan fingerprint density at radius 1 is 1.44 bits per heavy atom. The number of nitrogen functional groups attached to an aromatic ring is 1. The average molecular weight is 252 g/mol. The molecule has 0 radical (unpaired) electrons. The lowest BCUT2D eigenvalue weighted by atomic mass is 10.1. The van der Waals surface area contributed by atoms with Crippen LogP contribution in [0.4, 0.5) is 11.9 Å². The van der Waals surface area contributed by atoms with Crippen molar-refractivity contribution in [3.05, 3.63) is 0 Å². The molecule has 0 amide bonds. The summed E-state index contributed by atoms with van der Waals surface area (Å²) in [5.74, 6) is 1.39. The Hall–Kier alpha value is -1.63. The Morgan fingerprint density at radius 2 is 2.22 bits per heavy atom. The predicted molar refractivity (Wildman–Crippen MR) is 69.7 cm³/mol. The lowest BCUT2D eigenvalue weighted by Gasteiger charge is -2.21. The summed E-state index contributed by atoms with van der Waals surface area (Å²) < 4.78 is 5.00. The molecule has 0 aromatic carbocycles. The molecule has 1 aliphatic rings. The van der Waals surface area contributed by atoms with Crippen molar-refractivity contribution in [3.8, 4) is 6.01 Å². The topological polar surface area (TPSA) is 80.4 Å². The number of likely N-dealkylation sites (tertiary alicyclic amines) is 1. The Bertz CT molecular complexity index is 413. The number of ether oxygens (including phenoxy) is 1. The van der Waals surface area contributed by atoms with Gasteiger partial charge in [-0.2, -0.15) is 15.0 Å². The highest BCUT2D eigenvalue weighted by Crippen LogP contribution is 2.18. The number of nitrogens with two attached hydrogens (primary N) is 1. The number of methoxy groups -OCH3 is 1. The highest BCUT2D eigenvalue weighted by molar-refractivity contribution is 5.35. The van der Waals surface area contributed by atoms with Gasteiger partial charge in [0.2, 0.25) is 11.9 Å². The first-order chi connectivity index (χ1) is 8.58. The molecule has 1 aliphatic heterocycles. The SMILES string of the molecule is COc1nc(N)nc(N(C)CC2CCN(C)C2)n1. The number of anilines is 2. The molecule has 1 unspecified atom stereocenters. The van der Waals surface area contributed by atoms with Crippen molar-refractivity contribution in [2.24, 2.45) is 5.92 Å². The van der Waals surface area contributed by atoms with E-state index >= 15 is 0 Å². The van der Waals surface area contributed by atoms with Crippen molar-refractivity contribution in [1.82, 2.24) is 19.9 Å². The van der Waals surface area contributed by atoms with Crippen molar-refractivity contribution in [1.29, 1.82) is 0 Å². The molecule has 1 atom stereocenters. The summed E-state index contributed by atoms with van der Waals surface area (Å²) in [6.07, 6.45) is 1.21. The summed E-state index contributed by atoms with van der Waals surface area (Å²) in [5, 5.41) is 0. The van der Waals surface area contributed by atoms with Crippen molar-refractivity contribution in [3.63, 3.8) is 0 Å². The zero-order chi connectivity index (χ0) is 13.1. The van der Waals surface area contributed by atoms with E-state index in [0.29, 0.717) is 11.9 Å². The van der Waals surface area contributed by atoms with Crippen LogP contribution >= 0.6 is 0 Å². The van der Waals surface area contributed by atoms with Crippen molar-refractivity contribution in [2.75, 3.05) is 51.5 Å².